The van der Waals surface area contributed by atoms with Gasteiger partial charge < -0.3 is 9.32 Å². The molecule has 0 saturated carbocycles. The minimum absolute atomic E-state index is 0.677. The second-order valence-corrected chi connectivity index (χ2v) is 6.46. The molecule has 1 aromatic carbocycles. The van der Waals surface area contributed by atoms with Gasteiger partial charge in [-0.05, 0) is 43.7 Å². The molecule has 1 radical (unpaired) electrons. The van der Waals surface area contributed by atoms with Crippen molar-refractivity contribution in [3.8, 4) is 0 Å². The van der Waals surface area contributed by atoms with Gasteiger partial charge in [0.2, 0.25) is 5.71 Å². The second-order valence-electron chi connectivity index (χ2n) is 6.46. The van der Waals surface area contributed by atoms with Crippen LogP contribution < -0.4 is 9.80 Å². The summed E-state index contributed by atoms with van der Waals surface area (Å²) in [5.41, 5.74) is 5.68. The van der Waals surface area contributed by atoms with Crippen LogP contribution in [0, 0.1) is 20.5 Å². The van der Waals surface area contributed by atoms with E-state index in [1.54, 1.807) is 0 Å². The molecule has 0 bridgehead atoms. The second kappa shape index (κ2) is 4.96. The quantitative estimate of drug-likeness (QED) is 0.506. The Labute approximate surface area is 145 Å². The highest BCUT2D eigenvalue weighted by Gasteiger charge is 2.30. The van der Waals surface area contributed by atoms with Gasteiger partial charge in [-0.15, -0.1) is 0 Å². The summed E-state index contributed by atoms with van der Waals surface area (Å²) < 4.78 is 6.19. The predicted octanol–water partition coefficient (Wildman–Crippen LogP) is 4.70. The van der Waals surface area contributed by atoms with Gasteiger partial charge in [0.25, 0.3) is 0 Å². The molecule has 5 nitrogen and oxygen atoms in total. The zero-order valence-corrected chi connectivity index (χ0v) is 14.3. The van der Waals surface area contributed by atoms with E-state index >= 15 is 0 Å². The van der Waals surface area contributed by atoms with E-state index in [-0.39, 0.29) is 0 Å². The van der Waals surface area contributed by atoms with Crippen LogP contribution in [0.1, 0.15) is 11.3 Å². The maximum absolute atomic E-state index is 6.19. The molecule has 5 heteroatoms. The maximum Gasteiger partial charge on any atom is 0.227 e. The molecule has 3 aromatic heterocycles. The molecule has 0 saturated heterocycles. The lowest BCUT2D eigenvalue weighted by Crippen LogP contribution is -2.18. The van der Waals surface area contributed by atoms with Gasteiger partial charge in [0, 0.05) is 29.7 Å². The summed E-state index contributed by atoms with van der Waals surface area (Å²) in [4.78, 5) is 13.3. The Morgan fingerprint density at radius 3 is 2.72 bits per heavy atom. The average Bonchev–Trinajstić information content (AvgIpc) is 3.12. The number of hydrogen-bond donors (Lipinski definition) is 0. The third-order valence-electron chi connectivity index (χ3n) is 4.73. The summed E-state index contributed by atoms with van der Waals surface area (Å²) >= 11 is 0. The van der Waals surface area contributed by atoms with Crippen molar-refractivity contribution in [3.63, 3.8) is 0 Å². The largest absolute Gasteiger partial charge is 0.435 e. The molecule has 0 fully saturated rings. The molecule has 0 amide bonds. The zero-order chi connectivity index (χ0) is 17.1. The number of aryl methyl sites for hydroxylation is 2. The predicted molar refractivity (Wildman–Crippen MR) is 100 cm³/mol. The maximum atomic E-state index is 6.19. The minimum Gasteiger partial charge on any atom is -0.435 e. The van der Waals surface area contributed by atoms with Crippen LogP contribution in [0.25, 0.3) is 22.1 Å². The zero-order valence-electron chi connectivity index (χ0n) is 14.3. The van der Waals surface area contributed by atoms with Crippen LogP contribution in [0.5, 0.6) is 0 Å². The van der Waals surface area contributed by atoms with Crippen LogP contribution in [0.3, 0.4) is 0 Å². The van der Waals surface area contributed by atoms with Crippen LogP contribution in [-0.2, 0) is 0 Å². The lowest BCUT2D eigenvalue weighted by atomic mass is 10.1. The van der Waals surface area contributed by atoms with E-state index < -0.39 is 0 Å². The fraction of sp³-hybridized carbons (Fsp3) is 0.150. The molecular weight excluding hydrogens is 312 g/mol. The molecule has 4 aromatic rings. The monoisotopic (exact) mass is 329 g/mol. The highest BCUT2D eigenvalue weighted by Crippen LogP contribution is 2.45. The molecule has 0 spiro atoms. The van der Waals surface area contributed by atoms with E-state index in [1.807, 2.05) is 39.0 Å². The molecule has 0 atom stereocenters. The van der Waals surface area contributed by atoms with E-state index in [1.165, 1.54) is 0 Å². The first-order chi connectivity index (χ1) is 12.1. The topological polar surface area (TPSA) is 45.4 Å². The van der Waals surface area contributed by atoms with Crippen molar-refractivity contribution in [1.29, 1.82) is 0 Å². The number of anilines is 3. The Bertz CT molecular complexity index is 1130. The normalized spacial score (nSPS) is 13.9. The Hall–Kier alpha value is -3.08. The third-order valence-corrected chi connectivity index (χ3v) is 4.73. The molecule has 0 N–H and O–H groups in total. The number of hydrogen-bond acceptors (Lipinski definition) is 5. The number of nitrogens with zero attached hydrogens (tertiary/aromatic N) is 4. The molecule has 1 aliphatic rings. The first-order valence-electron chi connectivity index (χ1n) is 8.25. The number of benzene rings is 1. The van der Waals surface area contributed by atoms with Crippen LogP contribution in [0.2, 0.25) is 0 Å². The van der Waals surface area contributed by atoms with Crippen molar-refractivity contribution in [3.05, 3.63) is 60.5 Å². The molecular formula is C20H17N4O. The summed E-state index contributed by atoms with van der Waals surface area (Å²) in [5.74, 6) is 0.908. The molecule has 5 rings (SSSR count). The molecule has 0 aliphatic carbocycles. The van der Waals surface area contributed by atoms with Crippen LogP contribution >= 0.6 is 0 Å². The van der Waals surface area contributed by atoms with E-state index in [0.29, 0.717) is 5.71 Å². The van der Waals surface area contributed by atoms with E-state index in [0.717, 1.165) is 44.8 Å². The highest BCUT2D eigenvalue weighted by atomic mass is 16.3. The van der Waals surface area contributed by atoms with Crippen molar-refractivity contribution >= 4 is 39.3 Å². The van der Waals surface area contributed by atoms with Crippen molar-refractivity contribution in [2.45, 2.75) is 13.8 Å². The van der Waals surface area contributed by atoms with Crippen molar-refractivity contribution in [2.75, 3.05) is 16.8 Å². The Morgan fingerprint density at radius 1 is 1.00 bits per heavy atom. The highest BCUT2D eigenvalue weighted by molar-refractivity contribution is 6.09. The van der Waals surface area contributed by atoms with Crippen molar-refractivity contribution in [2.24, 2.45) is 0 Å². The van der Waals surface area contributed by atoms with Gasteiger partial charge in [-0.25, -0.2) is 9.97 Å². The Kier molecular flexibility index (Phi) is 2.83. The van der Waals surface area contributed by atoms with E-state index in [9.17, 15) is 0 Å². The van der Waals surface area contributed by atoms with Gasteiger partial charge in [-0.3, -0.25) is 4.90 Å². The van der Waals surface area contributed by atoms with E-state index in [2.05, 4.69) is 51.0 Å². The standard InChI is InChI=1S/C20H17N4O/c1-12-6-8-14-15-9-7-13(2)22-20(15)25-18(14)17(12)24-11-23(3)16-5-4-10-21-19(16)24/h4-11H,1-3H3. The summed E-state index contributed by atoms with van der Waals surface area (Å²) in [6.45, 7) is 6.11. The third kappa shape index (κ3) is 1.95. The fourth-order valence-electron chi connectivity index (χ4n) is 3.50. The number of furan rings is 1. The number of aromatic nitrogens is 2. The first kappa shape index (κ1) is 14.3. The minimum atomic E-state index is 0.677. The molecule has 4 heterocycles. The van der Waals surface area contributed by atoms with Crippen molar-refractivity contribution < 1.29 is 4.42 Å². The SMILES string of the molecule is Cc1ccc2c(n1)oc1c(N3[CH]N(C)c4cccnc43)c(C)ccc12. The van der Waals surface area contributed by atoms with Gasteiger partial charge in [0.05, 0.1) is 11.4 Å². The van der Waals surface area contributed by atoms with Gasteiger partial charge in [-0.1, -0.05) is 12.1 Å². The molecule has 0 unspecified atom stereocenters. The summed E-state index contributed by atoms with van der Waals surface area (Å²) in [7, 11) is 2.03. The van der Waals surface area contributed by atoms with Gasteiger partial charge >= 0.3 is 0 Å². The Morgan fingerprint density at radius 2 is 1.84 bits per heavy atom. The van der Waals surface area contributed by atoms with Crippen molar-refractivity contribution in [1.82, 2.24) is 9.97 Å². The molecule has 123 valence electrons. The Balaban J connectivity index is 1.82. The molecule has 1 aliphatic heterocycles. The fourth-order valence-corrected chi connectivity index (χ4v) is 3.50. The number of pyridine rings is 2. The van der Waals surface area contributed by atoms with Crippen LogP contribution in [0.15, 0.2) is 47.0 Å². The van der Waals surface area contributed by atoms with Crippen LogP contribution in [0.4, 0.5) is 17.2 Å². The van der Waals surface area contributed by atoms with Crippen LogP contribution in [-0.4, -0.2) is 17.0 Å². The average molecular weight is 329 g/mol. The lowest BCUT2D eigenvalue weighted by molar-refractivity contribution is 0.652. The lowest BCUT2D eigenvalue weighted by Gasteiger charge is -2.20. The van der Waals surface area contributed by atoms with Gasteiger partial charge in [0.1, 0.15) is 6.67 Å². The molecule has 25 heavy (non-hydrogen) atoms. The van der Waals surface area contributed by atoms with Gasteiger partial charge in [0.15, 0.2) is 11.4 Å². The number of fused-ring (bicyclic) bond motifs is 4. The van der Waals surface area contributed by atoms with Gasteiger partial charge in [-0.2, -0.15) is 0 Å². The van der Waals surface area contributed by atoms with E-state index in [4.69, 9.17) is 4.42 Å². The summed E-state index contributed by atoms with van der Waals surface area (Å²) in [6, 6.07) is 12.3. The smallest absolute Gasteiger partial charge is 0.227 e. The number of rotatable bonds is 1. The summed E-state index contributed by atoms with van der Waals surface area (Å²) in [5, 5.41) is 2.11. The first-order valence-corrected chi connectivity index (χ1v) is 8.25. The summed E-state index contributed by atoms with van der Waals surface area (Å²) in [6.07, 6.45) is 1.82.